The molecule has 7 nitrogen and oxygen atoms in total. The molecule has 0 unspecified atom stereocenters. The number of nitrogens with zero attached hydrogens (tertiary/aromatic N) is 2. The summed E-state index contributed by atoms with van der Waals surface area (Å²) in [7, 11) is -3.59. The second kappa shape index (κ2) is 9.28. The Morgan fingerprint density at radius 3 is 2.24 bits per heavy atom. The number of aryl methyl sites for hydroxylation is 1. The molecule has 1 aliphatic heterocycles. The van der Waals surface area contributed by atoms with Crippen LogP contribution in [0.5, 0.6) is 0 Å². The van der Waals surface area contributed by atoms with Gasteiger partial charge in [0, 0.05) is 24.5 Å². The van der Waals surface area contributed by atoms with Crippen LogP contribution < -0.4 is 14.5 Å². The number of rotatable bonds is 7. The summed E-state index contributed by atoms with van der Waals surface area (Å²) in [5, 5.41) is 2.78. The van der Waals surface area contributed by atoms with Crippen LogP contribution in [0.3, 0.4) is 0 Å². The number of carbonyl (C=O) groups is 1. The van der Waals surface area contributed by atoms with Gasteiger partial charge in [-0.1, -0.05) is 19.1 Å². The normalized spacial score (nSPS) is 14.5. The van der Waals surface area contributed by atoms with Crippen molar-refractivity contribution in [3.8, 4) is 0 Å². The number of amides is 1. The third-order valence-electron chi connectivity index (χ3n) is 4.85. The van der Waals surface area contributed by atoms with E-state index in [0.29, 0.717) is 24.6 Å². The summed E-state index contributed by atoms with van der Waals surface area (Å²) in [6.07, 6.45) is 1.96. The maximum atomic E-state index is 12.5. The fourth-order valence-electron chi connectivity index (χ4n) is 3.21. The molecule has 0 atom stereocenters. The molecule has 0 saturated carbocycles. The first-order valence-corrected chi connectivity index (χ1v) is 11.5. The number of morpholine rings is 1. The molecule has 1 heterocycles. The quantitative estimate of drug-likeness (QED) is 0.749. The summed E-state index contributed by atoms with van der Waals surface area (Å²) in [4.78, 5) is 14.7. The van der Waals surface area contributed by atoms with E-state index < -0.39 is 15.9 Å². The number of sulfonamides is 1. The Bertz CT molecular complexity index is 921. The number of anilines is 3. The van der Waals surface area contributed by atoms with Gasteiger partial charge in [0.15, 0.2) is 0 Å². The van der Waals surface area contributed by atoms with Gasteiger partial charge in [-0.3, -0.25) is 9.10 Å². The Balaban J connectivity index is 1.66. The van der Waals surface area contributed by atoms with E-state index in [1.807, 2.05) is 43.3 Å². The zero-order valence-corrected chi connectivity index (χ0v) is 17.6. The van der Waals surface area contributed by atoms with Crippen LogP contribution in [0, 0.1) is 0 Å². The summed E-state index contributed by atoms with van der Waals surface area (Å²) >= 11 is 0. The number of hydrogen-bond acceptors (Lipinski definition) is 5. The second-order valence-corrected chi connectivity index (χ2v) is 8.89. The summed E-state index contributed by atoms with van der Waals surface area (Å²) in [5.74, 6) is -0.394. The van der Waals surface area contributed by atoms with Gasteiger partial charge in [-0.25, -0.2) is 8.42 Å². The van der Waals surface area contributed by atoms with Crippen molar-refractivity contribution in [3.63, 3.8) is 0 Å². The van der Waals surface area contributed by atoms with Crippen LogP contribution in [-0.2, 0) is 26.0 Å². The average Bonchev–Trinajstić information content (AvgIpc) is 2.72. The van der Waals surface area contributed by atoms with E-state index in [1.54, 1.807) is 12.1 Å². The molecule has 0 aromatic heterocycles. The van der Waals surface area contributed by atoms with Crippen LogP contribution in [-0.4, -0.2) is 53.4 Å². The highest BCUT2D eigenvalue weighted by Crippen LogP contribution is 2.21. The first-order valence-electron chi connectivity index (χ1n) is 9.66. The highest BCUT2D eigenvalue weighted by atomic mass is 32.2. The molecule has 0 aliphatic carbocycles. The molecule has 0 radical (unpaired) electrons. The molecule has 1 fully saturated rings. The highest BCUT2D eigenvalue weighted by molar-refractivity contribution is 7.92. The van der Waals surface area contributed by atoms with Crippen molar-refractivity contribution in [3.05, 3.63) is 54.1 Å². The third kappa shape index (κ3) is 5.71. The van der Waals surface area contributed by atoms with Gasteiger partial charge < -0.3 is 15.0 Å². The molecule has 1 aliphatic rings. The van der Waals surface area contributed by atoms with Gasteiger partial charge in [-0.15, -0.1) is 0 Å². The molecule has 8 heteroatoms. The smallest absolute Gasteiger partial charge is 0.245 e. The Labute approximate surface area is 172 Å². The molecule has 0 spiro atoms. The van der Waals surface area contributed by atoms with E-state index in [-0.39, 0.29) is 6.54 Å². The zero-order valence-electron chi connectivity index (χ0n) is 16.8. The molecular formula is C21H27N3O4S. The summed E-state index contributed by atoms with van der Waals surface area (Å²) in [6, 6.07) is 14.7. The number of benzene rings is 2. The van der Waals surface area contributed by atoms with E-state index in [9.17, 15) is 13.2 Å². The highest BCUT2D eigenvalue weighted by Gasteiger charge is 2.21. The fraction of sp³-hybridized carbons (Fsp3) is 0.381. The lowest BCUT2D eigenvalue weighted by Gasteiger charge is -2.29. The van der Waals surface area contributed by atoms with Gasteiger partial charge >= 0.3 is 0 Å². The zero-order chi connectivity index (χ0) is 20.9. The van der Waals surface area contributed by atoms with Crippen molar-refractivity contribution >= 4 is 33.0 Å². The maximum absolute atomic E-state index is 12.5. The third-order valence-corrected chi connectivity index (χ3v) is 5.99. The minimum absolute atomic E-state index is 0.282. The lowest BCUT2D eigenvalue weighted by Crippen LogP contribution is -2.37. The van der Waals surface area contributed by atoms with Crippen LogP contribution in [0.25, 0.3) is 0 Å². The van der Waals surface area contributed by atoms with E-state index in [4.69, 9.17) is 4.74 Å². The van der Waals surface area contributed by atoms with Crippen LogP contribution in [0.15, 0.2) is 48.5 Å². The van der Waals surface area contributed by atoms with Crippen molar-refractivity contribution in [1.29, 1.82) is 0 Å². The van der Waals surface area contributed by atoms with Crippen LogP contribution in [0.4, 0.5) is 17.1 Å². The van der Waals surface area contributed by atoms with Gasteiger partial charge in [0.25, 0.3) is 0 Å². The Kier molecular flexibility index (Phi) is 6.76. The molecule has 2 aromatic carbocycles. The Morgan fingerprint density at radius 2 is 1.69 bits per heavy atom. The average molecular weight is 418 g/mol. The Morgan fingerprint density at radius 1 is 1.07 bits per heavy atom. The topological polar surface area (TPSA) is 79.0 Å². The first-order chi connectivity index (χ1) is 13.9. The van der Waals surface area contributed by atoms with Crippen molar-refractivity contribution < 1.29 is 17.9 Å². The number of hydrogen-bond donors (Lipinski definition) is 1. The minimum Gasteiger partial charge on any atom is -0.378 e. The first kappa shape index (κ1) is 21.1. The largest absolute Gasteiger partial charge is 0.378 e. The van der Waals surface area contributed by atoms with E-state index in [1.165, 1.54) is 0 Å². The molecule has 156 valence electrons. The standard InChI is InChI=1S/C21H27N3O4S/c1-3-17-4-8-20(9-5-17)24(29(2,26)27)16-21(25)22-18-6-10-19(11-7-18)23-12-14-28-15-13-23/h4-11H,3,12-16H2,1-2H3,(H,22,25). The van der Waals surface area contributed by atoms with Crippen molar-refractivity contribution in [1.82, 2.24) is 0 Å². The summed E-state index contributed by atoms with van der Waals surface area (Å²) < 4.78 is 30.9. The van der Waals surface area contributed by atoms with Gasteiger partial charge in [0.2, 0.25) is 15.9 Å². The predicted molar refractivity (Wildman–Crippen MR) is 116 cm³/mol. The monoisotopic (exact) mass is 417 g/mol. The SMILES string of the molecule is CCc1ccc(N(CC(=O)Nc2ccc(N3CCOCC3)cc2)S(C)(=O)=O)cc1. The Hall–Kier alpha value is -2.58. The van der Waals surface area contributed by atoms with Crippen molar-refractivity contribution in [2.24, 2.45) is 0 Å². The summed E-state index contributed by atoms with van der Waals surface area (Å²) in [5.41, 5.74) is 3.27. The molecule has 1 amide bonds. The van der Waals surface area contributed by atoms with Crippen molar-refractivity contribution in [2.75, 3.05) is 53.6 Å². The van der Waals surface area contributed by atoms with Gasteiger partial charge in [-0.05, 0) is 48.4 Å². The van der Waals surface area contributed by atoms with Crippen LogP contribution in [0.2, 0.25) is 0 Å². The molecule has 3 rings (SSSR count). The van der Waals surface area contributed by atoms with E-state index >= 15 is 0 Å². The molecule has 1 saturated heterocycles. The van der Waals surface area contributed by atoms with Gasteiger partial charge in [-0.2, -0.15) is 0 Å². The summed E-state index contributed by atoms with van der Waals surface area (Å²) in [6.45, 7) is 4.84. The lowest BCUT2D eigenvalue weighted by molar-refractivity contribution is -0.114. The molecule has 2 aromatic rings. The van der Waals surface area contributed by atoms with E-state index in [0.717, 1.165) is 41.3 Å². The van der Waals surface area contributed by atoms with Crippen LogP contribution >= 0.6 is 0 Å². The van der Waals surface area contributed by atoms with E-state index in [2.05, 4.69) is 10.2 Å². The predicted octanol–water partition coefficient (Wildman–Crippen LogP) is 2.49. The fourth-order valence-corrected chi connectivity index (χ4v) is 4.06. The second-order valence-electron chi connectivity index (χ2n) is 6.98. The van der Waals surface area contributed by atoms with Gasteiger partial charge in [0.05, 0.1) is 25.2 Å². The van der Waals surface area contributed by atoms with Crippen LogP contribution in [0.1, 0.15) is 12.5 Å². The number of carbonyl (C=O) groups excluding carboxylic acids is 1. The van der Waals surface area contributed by atoms with Crippen molar-refractivity contribution in [2.45, 2.75) is 13.3 Å². The molecule has 1 N–H and O–H groups in total. The molecule has 29 heavy (non-hydrogen) atoms. The molecular weight excluding hydrogens is 390 g/mol. The number of nitrogens with one attached hydrogen (secondary N) is 1. The maximum Gasteiger partial charge on any atom is 0.245 e. The lowest BCUT2D eigenvalue weighted by atomic mass is 10.1. The molecule has 0 bridgehead atoms. The minimum atomic E-state index is -3.59. The number of ether oxygens (including phenoxy) is 1. The van der Waals surface area contributed by atoms with Gasteiger partial charge in [0.1, 0.15) is 6.54 Å².